The Morgan fingerprint density at radius 1 is 1.21 bits per heavy atom. The minimum absolute atomic E-state index is 0.0664. The van der Waals surface area contributed by atoms with Crippen molar-refractivity contribution in [2.24, 2.45) is 0 Å². The fraction of sp³-hybridized carbons (Fsp3) is 0.238. The molecule has 4 rings (SSSR count). The van der Waals surface area contributed by atoms with Gasteiger partial charge in [-0.2, -0.15) is 0 Å². The van der Waals surface area contributed by atoms with Crippen LogP contribution in [0.1, 0.15) is 41.1 Å². The number of nitrogens with zero attached hydrogens (tertiary/aromatic N) is 1. The molecule has 144 valence electrons. The number of rotatable bonds is 4. The third-order valence-corrected chi connectivity index (χ3v) is 4.78. The molecule has 0 spiro atoms. The lowest BCUT2D eigenvalue weighted by Gasteiger charge is -2.16. The van der Waals surface area contributed by atoms with E-state index in [1.165, 1.54) is 18.2 Å². The molecule has 2 atom stereocenters. The van der Waals surface area contributed by atoms with Crippen molar-refractivity contribution in [1.82, 2.24) is 16.0 Å². The third kappa shape index (κ3) is 3.81. The van der Waals surface area contributed by atoms with Crippen LogP contribution in [-0.2, 0) is 0 Å². The molecule has 7 heteroatoms. The zero-order valence-corrected chi connectivity index (χ0v) is 15.6. The molecule has 1 fully saturated rings. The number of hydrogen-bond acceptors (Lipinski definition) is 5. The Bertz CT molecular complexity index is 1020. The molecule has 0 bridgehead atoms. The average molecular weight is 380 g/mol. The molecule has 0 radical (unpaired) electrons. The summed E-state index contributed by atoms with van der Waals surface area (Å²) in [6.07, 6.45) is 0.915. The highest BCUT2D eigenvalue weighted by molar-refractivity contribution is 6.03. The summed E-state index contributed by atoms with van der Waals surface area (Å²) in [4.78, 5) is 12.7. The zero-order valence-electron chi connectivity index (χ0n) is 15.6. The van der Waals surface area contributed by atoms with Gasteiger partial charge in [0, 0.05) is 29.4 Å². The van der Waals surface area contributed by atoms with E-state index in [0.29, 0.717) is 23.0 Å². The van der Waals surface area contributed by atoms with Crippen LogP contribution in [-0.4, -0.2) is 17.1 Å². The first-order valence-corrected chi connectivity index (χ1v) is 9.15. The molecule has 2 unspecified atom stereocenters. The van der Waals surface area contributed by atoms with Gasteiger partial charge >= 0.3 is 0 Å². The van der Waals surface area contributed by atoms with Crippen LogP contribution in [0.5, 0.6) is 0 Å². The van der Waals surface area contributed by atoms with Crippen LogP contribution in [0.15, 0.2) is 53.1 Å². The van der Waals surface area contributed by atoms with Gasteiger partial charge in [-0.05, 0) is 44.0 Å². The second-order valence-electron chi connectivity index (χ2n) is 7.11. The quantitative estimate of drug-likeness (QED) is 0.638. The summed E-state index contributed by atoms with van der Waals surface area (Å²) >= 11 is 0. The number of benzene rings is 2. The summed E-state index contributed by atoms with van der Waals surface area (Å²) in [5.41, 5.74) is 10.3. The molecule has 28 heavy (non-hydrogen) atoms. The largest absolute Gasteiger partial charge is 0.350 e. The first kappa shape index (κ1) is 18.3. The summed E-state index contributed by atoms with van der Waals surface area (Å²) in [7, 11) is 0. The highest BCUT2D eigenvalue weighted by Crippen LogP contribution is 2.30. The molecule has 3 aromatic rings. The summed E-state index contributed by atoms with van der Waals surface area (Å²) < 4.78 is 18.6. The van der Waals surface area contributed by atoms with Gasteiger partial charge in [-0.15, -0.1) is 0 Å². The standard InChI is InChI=1S/C21H21FN4O2/c1-12-6-7-17(16(8-12)19-9-13(2)24-25-19)23-21(27)20-11-18(26-28-20)14-4-3-5-15(22)10-14/h3-8,10-11,13,19,24-25H,9H2,1-2H3,(H,23,27). The monoisotopic (exact) mass is 380 g/mol. The van der Waals surface area contributed by atoms with Gasteiger partial charge in [0.1, 0.15) is 11.5 Å². The van der Waals surface area contributed by atoms with E-state index >= 15 is 0 Å². The Balaban J connectivity index is 1.56. The van der Waals surface area contributed by atoms with Gasteiger partial charge in [0.05, 0.1) is 0 Å². The van der Waals surface area contributed by atoms with Gasteiger partial charge in [0.2, 0.25) is 5.76 Å². The zero-order chi connectivity index (χ0) is 19.7. The second kappa shape index (κ2) is 7.53. The van der Waals surface area contributed by atoms with Crippen LogP contribution in [0.2, 0.25) is 0 Å². The maximum atomic E-state index is 13.4. The van der Waals surface area contributed by atoms with Gasteiger partial charge < -0.3 is 9.84 Å². The lowest BCUT2D eigenvalue weighted by molar-refractivity contribution is 0.0988. The number of aryl methyl sites for hydroxylation is 1. The molecule has 6 nitrogen and oxygen atoms in total. The van der Waals surface area contributed by atoms with E-state index in [0.717, 1.165) is 17.5 Å². The Hall–Kier alpha value is -3.03. The molecule has 1 saturated heterocycles. The van der Waals surface area contributed by atoms with Gasteiger partial charge in [0.25, 0.3) is 5.91 Å². The number of carbonyl (C=O) groups is 1. The molecule has 1 aromatic heterocycles. The smallest absolute Gasteiger partial charge is 0.294 e. The molecule has 2 aromatic carbocycles. The molecule has 1 aliphatic heterocycles. The number of amides is 1. The predicted molar refractivity (Wildman–Crippen MR) is 104 cm³/mol. The van der Waals surface area contributed by atoms with Crippen molar-refractivity contribution in [1.29, 1.82) is 0 Å². The van der Waals surface area contributed by atoms with E-state index in [-0.39, 0.29) is 17.6 Å². The number of aromatic nitrogens is 1. The Morgan fingerprint density at radius 3 is 2.82 bits per heavy atom. The number of hydrazine groups is 1. The minimum atomic E-state index is -0.403. The van der Waals surface area contributed by atoms with Crippen molar-refractivity contribution < 1.29 is 13.7 Å². The van der Waals surface area contributed by atoms with Crippen molar-refractivity contribution in [2.75, 3.05) is 5.32 Å². The summed E-state index contributed by atoms with van der Waals surface area (Å²) in [6.45, 7) is 4.12. The molecule has 2 heterocycles. The molecule has 0 aliphatic carbocycles. The maximum absolute atomic E-state index is 13.4. The predicted octanol–water partition coefficient (Wildman–Crippen LogP) is 3.97. The SMILES string of the molecule is Cc1ccc(NC(=O)c2cc(-c3cccc(F)c3)no2)c(C2CC(C)NN2)c1. The minimum Gasteiger partial charge on any atom is -0.350 e. The maximum Gasteiger partial charge on any atom is 0.294 e. The van der Waals surface area contributed by atoms with Crippen molar-refractivity contribution in [3.05, 3.63) is 71.2 Å². The van der Waals surface area contributed by atoms with E-state index < -0.39 is 5.91 Å². The Kier molecular flexibility index (Phi) is 4.93. The van der Waals surface area contributed by atoms with Gasteiger partial charge in [0.15, 0.2) is 0 Å². The summed E-state index contributed by atoms with van der Waals surface area (Å²) in [6, 6.07) is 13.8. The van der Waals surface area contributed by atoms with Crippen LogP contribution in [0.3, 0.4) is 0 Å². The first-order valence-electron chi connectivity index (χ1n) is 9.15. The molecule has 1 amide bonds. The second-order valence-corrected chi connectivity index (χ2v) is 7.11. The number of hydrogen-bond donors (Lipinski definition) is 3. The normalized spacial score (nSPS) is 19.0. The van der Waals surface area contributed by atoms with Gasteiger partial charge in [-0.25, -0.2) is 9.82 Å². The highest BCUT2D eigenvalue weighted by Gasteiger charge is 2.25. The highest BCUT2D eigenvalue weighted by atomic mass is 19.1. The average Bonchev–Trinajstić information content (AvgIpc) is 3.32. The van der Waals surface area contributed by atoms with E-state index in [1.807, 2.05) is 19.1 Å². The van der Waals surface area contributed by atoms with E-state index in [9.17, 15) is 9.18 Å². The van der Waals surface area contributed by atoms with Crippen molar-refractivity contribution in [2.45, 2.75) is 32.4 Å². The van der Waals surface area contributed by atoms with Crippen LogP contribution in [0.4, 0.5) is 10.1 Å². The summed E-state index contributed by atoms with van der Waals surface area (Å²) in [5.74, 6) is -0.710. The van der Waals surface area contributed by atoms with E-state index in [2.05, 4.69) is 34.3 Å². The van der Waals surface area contributed by atoms with Gasteiger partial charge in [-0.1, -0.05) is 35.0 Å². The fourth-order valence-corrected chi connectivity index (χ4v) is 3.35. The van der Waals surface area contributed by atoms with Crippen LogP contribution in [0, 0.1) is 12.7 Å². The third-order valence-electron chi connectivity index (χ3n) is 4.78. The van der Waals surface area contributed by atoms with Crippen LogP contribution in [0.25, 0.3) is 11.3 Å². The van der Waals surface area contributed by atoms with Crippen molar-refractivity contribution in [3.8, 4) is 11.3 Å². The van der Waals surface area contributed by atoms with E-state index in [4.69, 9.17) is 4.52 Å². The topological polar surface area (TPSA) is 79.2 Å². The first-order chi connectivity index (χ1) is 13.5. The number of carbonyl (C=O) groups excluding carboxylic acids is 1. The molecular weight excluding hydrogens is 359 g/mol. The molecule has 3 N–H and O–H groups in total. The molecular formula is C21H21FN4O2. The molecule has 0 saturated carbocycles. The van der Waals surface area contributed by atoms with Crippen molar-refractivity contribution in [3.63, 3.8) is 0 Å². The lowest BCUT2D eigenvalue weighted by atomic mass is 9.98. The van der Waals surface area contributed by atoms with Gasteiger partial charge in [-0.3, -0.25) is 10.2 Å². The number of nitrogens with one attached hydrogen (secondary N) is 3. The Morgan fingerprint density at radius 2 is 2.07 bits per heavy atom. The van der Waals surface area contributed by atoms with E-state index in [1.54, 1.807) is 12.1 Å². The van der Waals surface area contributed by atoms with Crippen LogP contribution < -0.4 is 16.2 Å². The van der Waals surface area contributed by atoms with Crippen LogP contribution >= 0.6 is 0 Å². The number of anilines is 1. The summed E-state index contributed by atoms with van der Waals surface area (Å²) in [5, 5.41) is 6.80. The Labute approximate surface area is 162 Å². The number of halogens is 1. The molecule has 1 aliphatic rings. The lowest BCUT2D eigenvalue weighted by Crippen LogP contribution is -2.29. The van der Waals surface area contributed by atoms with Crippen molar-refractivity contribution >= 4 is 11.6 Å². The fourth-order valence-electron chi connectivity index (χ4n) is 3.35.